The average molecular weight is 348 g/mol. The van der Waals surface area contributed by atoms with Gasteiger partial charge in [-0.15, -0.1) is 10.2 Å². The zero-order valence-electron chi connectivity index (χ0n) is 12.5. The lowest BCUT2D eigenvalue weighted by atomic mass is 10.2. The lowest BCUT2D eigenvalue weighted by Gasteiger charge is -2.06. The van der Waals surface area contributed by atoms with Crippen LogP contribution in [0.25, 0.3) is 0 Å². The number of halogens is 2. The molecule has 0 amide bonds. The minimum Gasteiger partial charge on any atom is -0.486 e. The number of nitrogen functional groups attached to an aromatic ring is 1. The molecule has 5 nitrogen and oxygen atoms in total. The molecule has 0 atom stereocenters. The first-order valence-electron chi connectivity index (χ1n) is 7.07. The molecule has 0 radical (unpaired) electrons. The molecule has 1 heterocycles. The Bertz CT molecular complexity index is 823. The number of nitrogens with zero attached hydrogens (tertiary/aromatic N) is 3. The van der Waals surface area contributed by atoms with E-state index in [4.69, 9.17) is 10.6 Å². The highest BCUT2D eigenvalue weighted by Gasteiger charge is 2.11. The first-order chi connectivity index (χ1) is 11.6. The number of aromatic nitrogens is 3. The molecule has 0 bridgehead atoms. The Labute approximate surface area is 141 Å². The molecule has 0 aliphatic heterocycles. The zero-order chi connectivity index (χ0) is 16.9. The largest absolute Gasteiger partial charge is 0.486 e. The van der Waals surface area contributed by atoms with Crippen molar-refractivity contribution in [2.24, 2.45) is 0 Å². The van der Waals surface area contributed by atoms with E-state index in [-0.39, 0.29) is 18.2 Å². The molecule has 3 aromatic rings. The van der Waals surface area contributed by atoms with E-state index in [2.05, 4.69) is 10.2 Å². The van der Waals surface area contributed by atoms with Crippen molar-refractivity contribution >= 4 is 11.8 Å². The fourth-order valence-corrected chi connectivity index (χ4v) is 2.78. The highest BCUT2D eigenvalue weighted by Crippen LogP contribution is 2.21. The lowest BCUT2D eigenvalue weighted by molar-refractivity contribution is 0.291. The summed E-state index contributed by atoms with van der Waals surface area (Å²) in [4.78, 5) is 0. The van der Waals surface area contributed by atoms with E-state index in [0.29, 0.717) is 22.5 Å². The minimum atomic E-state index is -0.333. The SMILES string of the molecule is Nn1c(COc2ccc(F)cc2)nnc1SCc1cccc(F)c1. The highest BCUT2D eigenvalue weighted by atomic mass is 32.2. The Kier molecular flexibility index (Phi) is 4.95. The minimum absolute atomic E-state index is 0.107. The first kappa shape index (κ1) is 16.3. The van der Waals surface area contributed by atoms with Crippen LogP contribution in [0.5, 0.6) is 5.75 Å². The molecule has 0 spiro atoms. The van der Waals surface area contributed by atoms with Crippen LogP contribution in [-0.4, -0.2) is 14.9 Å². The van der Waals surface area contributed by atoms with E-state index in [1.54, 1.807) is 6.07 Å². The summed E-state index contributed by atoms with van der Waals surface area (Å²) in [5.74, 6) is 6.79. The quantitative estimate of drug-likeness (QED) is 0.548. The average Bonchev–Trinajstić information content (AvgIpc) is 2.93. The first-order valence-corrected chi connectivity index (χ1v) is 8.05. The molecule has 3 rings (SSSR count). The second-order valence-corrected chi connectivity index (χ2v) is 5.87. The summed E-state index contributed by atoms with van der Waals surface area (Å²) < 4.78 is 32.8. The maximum atomic E-state index is 13.2. The fraction of sp³-hybridized carbons (Fsp3) is 0.125. The molecular weight excluding hydrogens is 334 g/mol. The Balaban J connectivity index is 1.60. The Morgan fingerprint density at radius 2 is 1.83 bits per heavy atom. The standard InChI is InChI=1S/C16H14F2N4OS/c17-12-4-6-14(7-5-12)23-9-15-20-21-16(22(15)19)24-10-11-2-1-3-13(18)8-11/h1-8H,9-10,19H2. The van der Waals surface area contributed by atoms with E-state index in [1.165, 1.54) is 52.8 Å². The number of ether oxygens (including phenoxy) is 1. The summed E-state index contributed by atoms with van der Waals surface area (Å²) >= 11 is 1.35. The molecule has 0 aliphatic carbocycles. The predicted octanol–water partition coefficient (Wildman–Crippen LogP) is 3.14. The summed E-state index contributed by atoms with van der Waals surface area (Å²) in [5, 5.41) is 8.47. The third-order valence-electron chi connectivity index (χ3n) is 3.17. The number of hydrogen-bond donors (Lipinski definition) is 1. The van der Waals surface area contributed by atoms with E-state index in [9.17, 15) is 8.78 Å². The monoisotopic (exact) mass is 348 g/mol. The molecule has 0 aliphatic rings. The number of nitrogens with two attached hydrogens (primary N) is 1. The van der Waals surface area contributed by atoms with Gasteiger partial charge in [-0.3, -0.25) is 0 Å². The number of thioether (sulfide) groups is 1. The molecule has 24 heavy (non-hydrogen) atoms. The Morgan fingerprint density at radius 3 is 2.58 bits per heavy atom. The molecule has 0 saturated heterocycles. The van der Waals surface area contributed by atoms with E-state index in [1.807, 2.05) is 6.07 Å². The smallest absolute Gasteiger partial charge is 0.210 e. The normalized spacial score (nSPS) is 10.8. The molecular formula is C16H14F2N4OS. The molecule has 124 valence electrons. The van der Waals surface area contributed by atoms with Crippen molar-refractivity contribution in [2.75, 3.05) is 5.84 Å². The fourth-order valence-electron chi connectivity index (χ4n) is 1.96. The van der Waals surface area contributed by atoms with Gasteiger partial charge >= 0.3 is 0 Å². The molecule has 0 fully saturated rings. The Morgan fingerprint density at radius 1 is 1.04 bits per heavy atom. The number of rotatable bonds is 6. The van der Waals surface area contributed by atoms with Crippen molar-refractivity contribution in [3.8, 4) is 5.75 Å². The van der Waals surface area contributed by atoms with Crippen molar-refractivity contribution in [3.63, 3.8) is 0 Å². The van der Waals surface area contributed by atoms with Gasteiger partial charge < -0.3 is 10.6 Å². The van der Waals surface area contributed by atoms with Crippen LogP contribution in [0.2, 0.25) is 0 Å². The van der Waals surface area contributed by atoms with Crippen LogP contribution in [0.4, 0.5) is 8.78 Å². The maximum Gasteiger partial charge on any atom is 0.210 e. The highest BCUT2D eigenvalue weighted by molar-refractivity contribution is 7.98. The van der Waals surface area contributed by atoms with Crippen molar-refractivity contribution in [2.45, 2.75) is 17.5 Å². The van der Waals surface area contributed by atoms with Gasteiger partial charge in [-0.25, -0.2) is 13.5 Å². The zero-order valence-corrected chi connectivity index (χ0v) is 13.3. The van der Waals surface area contributed by atoms with E-state index >= 15 is 0 Å². The van der Waals surface area contributed by atoms with Crippen LogP contribution in [-0.2, 0) is 12.4 Å². The third kappa shape index (κ3) is 4.02. The van der Waals surface area contributed by atoms with Crippen molar-refractivity contribution in [3.05, 3.63) is 71.6 Å². The number of hydrogen-bond acceptors (Lipinski definition) is 5. The molecule has 2 aromatic carbocycles. The third-order valence-corrected chi connectivity index (χ3v) is 4.19. The van der Waals surface area contributed by atoms with Gasteiger partial charge in [0.05, 0.1) is 0 Å². The van der Waals surface area contributed by atoms with Crippen LogP contribution >= 0.6 is 11.8 Å². The van der Waals surface area contributed by atoms with Gasteiger partial charge in [0.15, 0.2) is 5.82 Å². The van der Waals surface area contributed by atoms with Crippen molar-refractivity contribution in [1.82, 2.24) is 14.9 Å². The number of benzene rings is 2. The summed E-state index contributed by atoms with van der Waals surface area (Å²) in [7, 11) is 0. The predicted molar refractivity (Wildman–Crippen MR) is 86.9 cm³/mol. The van der Waals surface area contributed by atoms with Gasteiger partial charge in [0.2, 0.25) is 5.16 Å². The molecule has 0 saturated carbocycles. The Hall–Kier alpha value is -2.61. The van der Waals surface area contributed by atoms with Gasteiger partial charge in [0, 0.05) is 5.75 Å². The second kappa shape index (κ2) is 7.31. The molecule has 1 aromatic heterocycles. The molecule has 8 heteroatoms. The van der Waals surface area contributed by atoms with Crippen LogP contribution in [0.15, 0.2) is 53.7 Å². The summed E-state index contributed by atoms with van der Waals surface area (Å²) in [6.07, 6.45) is 0. The van der Waals surface area contributed by atoms with Gasteiger partial charge in [-0.05, 0) is 42.0 Å². The topological polar surface area (TPSA) is 66.0 Å². The van der Waals surface area contributed by atoms with Gasteiger partial charge in [-0.1, -0.05) is 23.9 Å². The summed E-state index contributed by atoms with van der Waals surface area (Å²) in [6, 6.07) is 12.0. The van der Waals surface area contributed by atoms with Crippen molar-refractivity contribution in [1.29, 1.82) is 0 Å². The maximum absolute atomic E-state index is 13.2. The van der Waals surface area contributed by atoms with Gasteiger partial charge in [-0.2, -0.15) is 0 Å². The summed E-state index contributed by atoms with van der Waals surface area (Å²) in [5.41, 5.74) is 0.826. The lowest BCUT2D eigenvalue weighted by Crippen LogP contribution is -2.15. The van der Waals surface area contributed by atoms with Gasteiger partial charge in [0.1, 0.15) is 24.0 Å². The van der Waals surface area contributed by atoms with Crippen LogP contribution < -0.4 is 10.6 Å². The van der Waals surface area contributed by atoms with Crippen molar-refractivity contribution < 1.29 is 13.5 Å². The van der Waals surface area contributed by atoms with Gasteiger partial charge in [0.25, 0.3) is 0 Å². The van der Waals surface area contributed by atoms with Crippen LogP contribution in [0.1, 0.15) is 11.4 Å². The second-order valence-electron chi connectivity index (χ2n) is 4.93. The molecule has 2 N–H and O–H groups in total. The van der Waals surface area contributed by atoms with E-state index < -0.39 is 0 Å². The van der Waals surface area contributed by atoms with Crippen LogP contribution in [0.3, 0.4) is 0 Å². The van der Waals surface area contributed by atoms with Crippen LogP contribution in [0, 0.1) is 11.6 Å². The van der Waals surface area contributed by atoms with E-state index in [0.717, 1.165) is 5.56 Å². The molecule has 0 unspecified atom stereocenters. The summed E-state index contributed by atoms with van der Waals surface area (Å²) in [6.45, 7) is 0.107.